The third kappa shape index (κ3) is 5.64. The summed E-state index contributed by atoms with van der Waals surface area (Å²) in [6, 6.07) is 18.8. The van der Waals surface area contributed by atoms with Crippen molar-refractivity contribution in [2.24, 2.45) is 0 Å². The molecule has 0 saturated carbocycles. The number of rotatable bonds is 7. The van der Waals surface area contributed by atoms with E-state index >= 15 is 0 Å². The topological polar surface area (TPSA) is 47.6 Å². The van der Waals surface area contributed by atoms with Crippen molar-refractivity contribution in [1.29, 1.82) is 0 Å². The molecule has 3 aromatic rings. The molecule has 0 spiro atoms. The van der Waals surface area contributed by atoms with E-state index < -0.39 is 0 Å². The molecule has 3 rings (SSSR count). The Bertz CT molecular complexity index is 1010. The maximum Gasteiger partial charge on any atom is 0.255 e. The molecule has 0 aliphatic heterocycles. The van der Waals surface area contributed by atoms with Gasteiger partial charge in [-0.15, -0.1) is 0 Å². The number of aryl methyl sites for hydroxylation is 1. The van der Waals surface area contributed by atoms with Gasteiger partial charge in [-0.25, -0.2) is 0 Å². The zero-order valence-corrected chi connectivity index (χ0v) is 19.1. The summed E-state index contributed by atoms with van der Waals surface area (Å²) in [5.74, 6) is 0.934. The Kier molecular flexibility index (Phi) is 7.39. The van der Waals surface area contributed by atoms with Crippen LogP contribution >= 0.6 is 34.2 Å². The minimum Gasteiger partial charge on any atom is -0.489 e. The molecule has 0 fully saturated rings. The van der Waals surface area contributed by atoms with E-state index in [9.17, 15) is 4.79 Å². The van der Waals surface area contributed by atoms with Gasteiger partial charge in [0.1, 0.15) is 6.61 Å². The van der Waals surface area contributed by atoms with E-state index in [0.29, 0.717) is 41.0 Å². The fraction of sp³-hybridized carbons (Fsp3) is 0.174. The van der Waals surface area contributed by atoms with E-state index in [2.05, 4.69) is 27.9 Å². The summed E-state index contributed by atoms with van der Waals surface area (Å²) in [7, 11) is 0. The van der Waals surface area contributed by atoms with Crippen molar-refractivity contribution in [3.63, 3.8) is 0 Å². The molecular weight excluding hydrogens is 501 g/mol. The average molecular weight is 522 g/mol. The van der Waals surface area contributed by atoms with Crippen LogP contribution in [-0.4, -0.2) is 12.5 Å². The quantitative estimate of drug-likeness (QED) is 0.362. The number of carbonyl (C=O) groups excluding carboxylic acids is 1. The second-order valence-corrected chi connectivity index (χ2v) is 7.98. The van der Waals surface area contributed by atoms with E-state index in [-0.39, 0.29) is 5.91 Å². The first-order chi connectivity index (χ1) is 14.0. The molecule has 0 unspecified atom stereocenters. The number of hydrogen-bond donors (Lipinski definition) is 1. The number of benzene rings is 3. The van der Waals surface area contributed by atoms with Gasteiger partial charge >= 0.3 is 0 Å². The molecule has 3 aromatic carbocycles. The predicted molar refractivity (Wildman–Crippen MR) is 125 cm³/mol. The van der Waals surface area contributed by atoms with Crippen molar-refractivity contribution in [3.8, 4) is 11.5 Å². The molecule has 29 heavy (non-hydrogen) atoms. The number of halogens is 2. The minimum absolute atomic E-state index is 0.240. The molecular formula is C23H21ClINO3. The van der Waals surface area contributed by atoms with E-state index in [4.69, 9.17) is 21.1 Å². The van der Waals surface area contributed by atoms with Gasteiger partial charge in [-0.3, -0.25) is 4.79 Å². The summed E-state index contributed by atoms with van der Waals surface area (Å²) in [4.78, 5) is 12.8. The van der Waals surface area contributed by atoms with Crippen LogP contribution in [0.15, 0.2) is 60.7 Å². The van der Waals surface area contributed by atoms with Crippen LogP contribution in [0, 0.1) is 10.5 Å². The first-order valence-electron chi connectivity index (χ1n) is 9.18. The third-order valence-electron chi connectivity index (χ3n) is 4.23. The van der Waals surface area contributed by atoms with E-state index in [1.807, 2.05) is 56.3 Å². The lowest BCUT2D eigenvalue weighted by molar-refractivity contribution is 0.102. The van der Waals surface area contributed by atoms with Crippen molar-refractivity contribution < 1.29 is 14.3 Å². The Hall–Kier alpha value is -2.25. The summed E-state index contributed by atoms with van der Waals surface area (Å²) in [5.41, 5.74) is 3.12. The zero-order chi connectivity index (χ0) is 20.8. The van der Waals surface area contributed by atoms with Gasteiger partial charge in [-0.2, -0.15) is 0 Å². The third-order valence-corrected chi connectivity index (χ3v) is 5.44. The van der Waals surface area contributed by atoms with Gasteiger partial charge in [-0.1, -0.05) is 48.0 Å². The summed E-state index contributed by atoms with van der Waals surface area (Å²) in [6.07, 6.45) is 0. The molecule has 0 saturated heterocycles. The maximum atomic E-state index is 12.8. The zero-order valence-electron chi connectivity index (χ0n) is 16.2. The molecule has 1 amide bonds. The normalized spacial score (nSPS) is 10.5. The Labute approximate surface area is 189 Å². The summed E-state index contributed by atoms with van der Waals surface area (Å²) >= 11 is 8.32. The summed E-state index contributed by atoms with van der Waals surface area (Å²) < 4.78 is 12.6. The molecule has 0 atom stereocenters. The molecule has 6 heteroatoms. The first-order valence-corrected chi connectivity index (χ1v) is 10.6. The SMILES string of the molecule is CCOc1c(I)cc(C(=O)Nc2ccc(C)c(Cl)c2)cc1OCc1ccccc1. The number of anilines is 1. The van der Waals surface area contributed by atoms with Gasteiger partial charge in [0.15, 0.2) is 11.5 Å². The molecule has 0 heterocycles. The van der Waals surface area contributed by atoms with E-state index in [0.717, 1.165) is 14.7 Å². The number of nitrogens with one attached hydrogen (secondary N) is 1. The highest BCUT2D eigenvalue weighted by atomic mass is 127. The van der Waals surface area contributed by atoms with Crippen LogP contribution in [0.5, 0.6) is 11.5 Å². The second-order valence-electron chi connectivity index (χ2n) is 6.41. The Morgan fingerprint density at radius 2 is 1.83 bits per heavy atom. The fourth-order valence-electron chi connectivity index (χ4n) is 2.70. The lowest BCUT2D eigenvalue weighted by Crippen LogP contribution is -2.13. The monoisotopic (exact) mass is 521 g/mol. The minimum atomic E-state index is -0.240. The lowest BCUT2D eigenvalue weighted by Gasteiger charge is -2.16. The number of amides is 1. The van der Waals surface area contributed by atoms with Crippen LogP contribution < -0.4 is 14.8 Å². The van der Waals surface area contributed by atoms with Crippen LogP contribution in [0.1, 0.15) is 28.4 Å². The van der Waals surface area contributed by atoms with Crippen LogP contribution in [0.4, 0.5) is 5.69 Å². The molecule has 0 aliphatic rings. The molecule has 1 N–H and O–H groups in total. The molecule has 150 valence electrons. The highest BCUT2D eigenvalue weighted by molar-refractivity contribution is 14.1. The van der Waals surface area contributed by atoms with Gasteiger partial charge in [0.25, 0.3) is 5.91 Å². The largest absolute Gasteiger partial charge is 0.489 e. The van der Waals surface area contributed by atoms with Gasteiger partial charge in [0, 0.05) is 16.3 Å². The Balaban J connectivity index is 1.85. The number of hydrogen-bond acceptors (Lipinski definition) is 3. The summed E-state index contributed by atoms with van der Waals surface area (Å²) in [6.45, 7) is 4.72. The van der Waals surface area contributed by atoms with Gasteiger partial charge in [0.2, 0.25) is 0 Å². The number of carbonyl (C=O) groups is 1. The van der Waals surface area contributed by atoms with Gasteiger partial charge in [-0.05, 0) is 71.8 Å². The van der Waals surface area contributed by atoms with Crippen molar-refractivity contribution in [3.05, 3.63) is 85.9 Å². The fourth-order valence-corrected chi connectivity index (χ4v) is 3.64. The van der Waals surface area contributed by atoms with Crippen LogP contribution in [0.2, 0.25) is 5.02 Å². The van der Waals surface area contributed by atoms with Gasteiger partial charge < -0.3 is 14.8 Å². The van der Waals surface area contributed by atoms with Crippen molar-refractivity contribution in [1.82, 2.24) is 0 Å². The number of ether oxygens (including phenoxy) is 2. The molecule has 0 aliphatic carbocycles. The van der Waals surface area contributed by atoms with Crippen LogP contribution in [0.25, 0.3) is 0 Å². The predicted octanol–water partition coefficient (Wildman–Crippen LogP) is 6.48. The van der Waals surface area contributed by atoms with E-state index in [1.54, 1.807) is 18.2 Å². The van der Waals surface area contributed by atoms with Crippen LogP contribution in [0.3, 0.4) is 0 Å². The highest BCUT2D eigenvalue weighted by Gasteiger charge is 2.16. The molecule has 0 bridgehead atoms. The Morgan fingerprint density at radius 3 is 2.52 bits per heavy atom. The second kappa shape index (κ2) is 9.98. The standard InChI is InChI=1S/C23H21ClINO3/c1-3-28-22-20(25)11-17(12-21(22)29-14-16-7-5-4-6-8-16)23(27)26-18-10-9-15(2)19(24)13-18/h4-13H,3,14H2,1-2H3,(H,26,27). The lowest BCUT2D eigenvalue weighted by atomic mass is 10.1. The maximum absolute atomic E-state index is 12.8. The van der Waals surface area contributed by atoms with Crippen molar-refractivity contribution in [2.45, 2.75) is 20.5 Å². The van der Waals surface area contributed by atoms with Gasteiger partial charge in [0.05, 0.1) is 10.2 Å². The first kappa shape index (κ1) is 21.5. The summed E-state index contributed by atoms with van der Waals surface area (Å²) in [5, 5.41) is 3.49. The average Bonchev–Trinajstić information content (AvgIpc) is 2.71. The van der Waals surface area contributed by atoms with Crippen LogP contribution in [-0.2, 0) is 6.61 Å². The highest BCUT2D eigenvalue weighted by Crippen LogP contribution is 2.35. The molecule has 0 radical (unpaired) electrons. The van der Waals surface area contributed by atoms with Crippen molar-refractivity contribution >= 4 is 45.8 Å². The molecule has 0 aromatic heterocycles. The van der Waals surface area contributed by atoms with E-state index in [1.165, 1.54) is 0 Å². The van der Waals surface area contributed by atoms with Crippen molar-refractivity contribution in [2.75, 3.05) is 11.9 Å². The smallest absolute Gasteiger partial charge is 0.255 e. The molecule has 4 nitrogen and oxygen atoms in total. The Morgan fingerprint density at radius 1 is 1.07 bits per heavy atom.